The molecule has 0 aliphatic carbocycles. The maximum atomic E-state index is 13.3. The van der Waals surface area contributed by atoms with Crippen molar-refractivity contribution in [2.24, 2.45) is 0 Å². The molecule has 1 aliphatic rings. The predicted molar refractivity (Wildman–Crippen MR) is 101 cm³/mol. The number of nitro groups is 1. The van der Waals surface area contributed by atoms with Crippen LogP contribution in [0.3, 0.4) is 0 Å². The van der Waals surface area contributed by atoms with Gasteiger partial charge in [0.05, 0.1) is 9.51 Å². The molecule has 26 heavy (non-hydrogen) atoms. The second kappa shape index (κ2) is 8.41. The Morgan fingerprint density at radius 1 is 1.23 bits per heavy atom. The third-order valence-corrected chi connectivity index (χ3v) is 6.67. The fourth-order valence-corrected chi connectivity index (χ4v) is 5.21. The molecule has 0 atom stereocenters. The van der Waals surface area contributed by atoms with E-state index in [2.05, 4.69) is 5.32 Å². The van der Waals surface area contributed by atoms with Gasteiger partial charge in [-0.25, -0.2) is 0 Å². The number of amides is 1. The molecule has 2 aromatic rings. The van der Waals surface area contributed by atoms with Crippen molar-refractivity contribution in [3.8, 4) is 5.75 Å². The summed E-state index contributed by atoms with van der Waals surface area (Å²) in [6.07, 6.45) is 0. The molecule has 1 amide bonds. The van der Waals surface area contributed by atoms with Crippen LogP contribution in [0.5, 0.6) is 5.75 Å². The number of nitro benzene ring substituents is 1. The first kappa shape index (κ1) is 18.5. The number of rotatable bonds is 6. The molecule has 3 rings (SSSR count). The average molecular weight is 394 g/mol. The molecule has 136 valence electrons. The van der Waals surface area contributed by atoms with E-state index in [-0.39, 0.29) is 12.3 Å². The van der Waals surface area contributed by atoms with E-state index in [4.69, 9.17) is 4.74 Å². The molecule has 0 bridgehead atoms. The van der Waals surface area contributed by atoms with E-state index in [0.717, 1.165) is 23.6 Å². The van der Waals surface area contributed by atoms with Crippen LogP contribution in [0.1, 0.15) is 10.1 Å². The number of carbonyl (C=O) groups excluding carboxylic acids is 1. The van der Waals surface area contributed by atoms with Gasteiger partial charge in [0.15, 0.2) is 6.61 Å². The zero-order valence-corrected chi connectivity index (χ0v) is 15.1. The Labute approximate surface area is 157 Å². The molecule has 0 spiro atoms. The van der Waals surface area contributed by atoms with Crippen LogP contribution in [0.4, 0.5) is 15.8 Å². The number of anilines is 1. The summed E-state index contributed by atoms with van der Waals surface area (Å²) in [5.74, 6) is 1.41. The minimum atomic E-state index is -0.956. The first-order chi connectivity index (χ1) is 12.5. The molecular weight excluding hydrogens is 379 g/mol. The summed E-state index contributed by atoms with van der Waals surface area (Å²) >= 11 is 3.82. The van der Waals surface area contributed by atoms with Gasteiger partial charge in [0.25, 0.3) is 5.91 Å². The number of nitrogens with one attached hydrogen (secondary N) is 1. The van der Waals surface area contributed by atoms with Crippen molar-refractivity contribution in [2.45, 2.75) is 4.58 Å². The van der Waals surface area contributed by atoms with Gasteiger partial charge in [-0.1, -0.05) is 12.1 Å². The van der Waals surface area contributed by atoms with E-state index in [1.54, 1.807) is 0 Å². The van der Waals surface area contributed by atoms with E-state index in [1.165, 1.54) is 11.6 Å². The van der Waals surface area contributed by atoms with E-state index >= 15 is 0 Å². The summed E-state index contributed by atoms with van der Waals surface area (Å²) in [6, 6.07) is 10.7. The Morgan fingerprint density at radius 3 is 2.58 bits per heavy atom. The van der Waals surface area contributed by atoms with Gasteiger partial charge in [-0.2, -0.15) is 4.39 Å². The highest BCUT2D eigenvalue weighted by Crippen LogP contribution is 2.45. The minimum absolute atomic E-state index is 0.136. The topological polar surface area (TPSA) is 81.5 Å². The van der Waals surface area contributed by atoms with Crippen molar-refractivity contribution < 1.29 is 18.8 Å². The van der Waals surface area contributed by atoms with Crippen LogP contribution >= 0.6 is 23.5 Å². The number of halogens is 1. The maximum absolute atomic E-state index is 13.3. The normalized spacial score (nSPS) is 14.2. The molecule has 0 unspecified atom stereocenters. The van der Waals surface area contributed by atoms with Gasteiger partial charge in [-0.3, -0.25) is 14.9 Å². The third kappa shape index (κ3) is 4.67. The van der Waals surface area contributed by atoms with Crippen molar-refractivity contribution in [3.05, 3.63) is 64.0 Å². The zero-order valence-electron chi connectivity index (χ0n) is 13.5. The third-order valence-electron chi connectivity index (χ3n) is 3.57. The predicted octanol–water partition coefficient (Wildman–Crippen LogP) is 4.23. The van der Waals surface area contributed by atoms with Gasteiger partial charge in [-0.15, -0.1) is 23.5 Å². The Balaban J connectivity index is 1.54. The first-order valence-corrected chi connectivity index (χ1v) is 9.82. The quantitative estimate of drug-likeness (QED) is 0.583. The largest absolute Gasteiger partial charge is 0.484 e. The van der Waals surface area contributed by atoms with Crippen molar-refractivity contribution in [3.63, 3.8) is 0 Å². The van der Waals surface area contributed by atoms with E-state index in [1.807, 2.05) is 47.8 Å². The van der Waals surface area contributed by atoms with Crippen LogP contribution in [0.25, 0.3) is 0 Å². The molecule has 1 saturated heterocycles. The molecule has 2 aromatic carbocycles. The van der Waals surface area contributed by atoms with Crippen molar-refractivity contribution in [1.29, 1.82) is 0 Å². The van der Waals surface area contributed by atoms with Crippen LogP contribution in [0.15, 0.2) is 42.5 Å². The van der Waals surface area contributed by atoms with Crippen molar-refractivity contribution in [1.82, 2.24) is 0 Å². The molecule has 6 nitrogen and oxygen atoms in total. The first-order valence-electron chi connectivity index (χ1n) is 7.73. The summed E-state index contributed by atoms with van der Waals surface area (Å²) in [4.78, 5) is 21.8. The summed E-state index contributed by atoms with van der Waals surface area (Å²) < 4.78 is 19.2. The van der Waals surface area contributed by atoms with Crippen molar-refractivity contribution in [2.75, 3.05) is 23.4 Å². The lowest BCUT2D eigenvalue weighted by Gasteiger charge is -2.10. The van der Waals surface area contributed by atoms with Crippen LogP contribution in [0, 0.1) is 15.9 Å². The lowest BCUT2D eigenvalue weighted by Crippen LogP contribution is -2.20. The highest BCUT2D eigenvalue weighted by Gasteiger charge is 2.18. The van der Waals surface area contributed by atoms with Crippen molar-refractivity contribution >= 4 is 40.8 Å². The lowest BCUT2D eigenvalue weighted by molar-refractivity contribution is -0.387. The molecule has 0 aromatic heterocycles. The molecule has 1 aliphatic heterocycles. The number of hydrogen-bond acceptors (Lipinski definition) is 6. The van der Waals surface area contributed by atoms with E-state index in [9.17, 15) is 19.3 Å². The number of carbonyl (C=O) groups is 1. The zero-order chi connectivity index (χ0) is 18.5. The highest BCUT2D eigenvalue weighted by atomic mass is 32.2. The van der Waals surface area contributed by atoms with E-state index in [0.29, 0.717) is 10.3 Å². The summed E-state index contributed by atoms with van der Waals surface area (Å²) in [7, 11) is 0. The molecule has 1 N–H and O–H groups in total. The van der Waals surface area contributed by atoms with Crippen LogP contribution in [-0.4, -0.2) is 28.9 Å². The van der Waals surface area contributed by atoms with Crippen LogP contribution in [0.2, 0.25) is 0 Å². The lowest BCUT2D eigenvalue weighted by atomic mass is 10.2. The molecule has 9 heteroatoms. The van der Waals surface area contributed by atoms with Gasteiger partial charge >= 0.3 is 5.69 Å². The number of thioether (sulfide) groups is 2. The summed E-state index contributed by atoms with van der Waals surface area (Å²) in [5, 5.41) is 13.2. The maximum Gasteiger partial charge on any atom is 0.306 e. The molecular formula is C17H15FN2O4S2. The second-order valence-corrected chi connectivity index (χ2v) is 8.13. The van der Waals surface area contributed by atoms with Gasteiger partial charge in [-0.05, 0) is 29.8 Å². The smallest absolute Gasteiger partial charge is 0.306 e. The fourth-order valence-electron chi connectivity index (χ4n) is 2.35. The Morgan fingerprint density at radius 2 is 1.92 bits per heavy atom. The highest BCUT2D eigenvalue weighted by molar-refractivity contribution is 8.19. The van der Waals surface area contributed by atoms with E-state index < -0.39 is 22.3 Å². The molecule has 0 radical (unpaired) electrons. The average Bonchev–Trinajstić information content (AvgIpc) is 3.16. The van der Waals surface area contributed by atoms with Gasteiger partial charge in [0.1, 0.15) is 5.75 Å². The number of nitrogens with zero attached hydrogens (tertiary/aromatic N) is 1. The molecule has 1 heterocycles. The Hall–Kier alpha value is -2.26. The second-order valence-electron chi connectivity index (χ2n) is 5.40. The number of hydrogen-bond donors (Lipinski definition) is 1. The van der Waals surface area contributed by atoms with Gasteiger partial charge < -0.3 is 10.1 Å². The Kier molecular flexibility index (Phi) is 6.00. The molecule has 0 saturated carbocycles. The monoisotopic (exact) mass is 394 g/mol. The van der Waals surface area contributed by atoms with Gasteiger partial charge in [0, 0.05) is 23.3 Å². The van der Waals surface area contributed by atoms with Gasteiger partial charge in [0.2, 0.25) is 5.82 Å². The Bertz CT molecular complexity index is 811. The summed E-state index contributed by atoms with van der Waals surface area (Å²) in [6.45, 7) is -0.253. The SMILES string of the molecule is O=C(COc1ccc(C2SCCS2)cc1)Nc1ccc(F)c([N+](=O)[O-])c1. The standard InChI is InChI=1S/C17H15FN2O4S2/c18-14-6-3-12(9-15(14)20(22)23)19-16(21)10-24-13-4-1-11(2-5-13)17-25-7-8-26-17/h1-6,9,17H,7-8,10H2,(H,19,21). The fraction of sp³-hybridized carbons (Fsp3) is 0.235. The van der Waals surface area contributed by atoms with Crippen LogP contribution in [-0.2, 0) is 4.79 Å². The molecule has 1 fully saturated rings. The van der Waals surface area contributed by atoms with Crippen LogP contribution < -0.4 is 10.1 Å². The summed E-state index contributed by atoms with van der Waals surface area (Å²) in [5.41, 5.74) is 0.659. The minimum Gasteiger partial charge on any atom is -0.484 e. The number of ether oxygens (including phenoxy) is 1. The number of benzene rings is 2.